The SMILES string of the molecule is COc1ccc(-c2noc(CCC(=O)N3CCCN(Cc4n[nH]c(=O)c5ccccc45)CC3)n2)cc1. The number of nitrogens with zero attached hydrogens (tertiary/aromatic N) is 5. The number of amides is 1. The minimum Gasteiger partial charge on any atom is -0.497 e. The maximum absolute atomic E-state index is 12.9. The number of H-pyrrole nitrogens is 1. The molecule has 0 spiro atoms. The molecule has 1 amide bonds. The number of hydrogen-bond donors (Lipinski definition) is 1. The van der Waals surface area contributed by atoms with Gasteiger partial charge in [-0.15, -0.1) is 0 Å². The topological polar surface area (TPSA) is 117 Å². The summed E-state index contributed by atoms with van der Waals surface area (Å²) in [5.74, 6) is 1.77. The molecule has 0 saturated carbocycles. The maximum atomic E-state index is 12.9. The van der Waals surface area contributed by atoms with E-state index in [0.29, 0.717) is 49.6 Å². The molecule has 1 N–H and O–H groups in total. The third kappa shape index (κ3) is 5.28. The second-order valence-corrected chi connectivity index (χ2v) is 8.80. The molecule has 2 aromatic heterocycles. The van der Waals surface area contributed by atoms with Gasteiger partial charge in [0.2, 0.25) is 17.6 Å². The Morgan fingerprint density at radius 1 is 1.06 bits per heavy atom. The Kier molecular flexibility index (Phi) is 7.03. The van der Waals surface area contributed by atoms with E-state index in [2.05, 4.69) is 25.2 Å². The number of methoxy groups -OCH3 is 1. The molecule has 2 aromatic carbocycles. The molecular weight excluding hydrogens is 460 g/mol. The lowest BCUT2D eigenvalue weighted by molar-refractivity contribution is -0.131. The van der Waals surface area contributed by atoms with Gasteiger partial charge in [0.15, 0.2) is 0 Å². The van der Waals surface area contributed by atoms with Gasteiger partial charge in [-0.3, -0.25) is 14.5 Å². The number of ether oxygens (including phenoxy) is 1. The lowest BCUT2D eigenvalue weighted by Crippen LogP contribution is -2.35. The number of aromatic nitrogens is 4. The van der Waals surface area contributed by atoms with E-state index in [1.807, 2.05) is 53.4 Å². The molecule has 0 atom stereocenters. The van der Waals surface area contributed by atoms with Crippen molar-refractivity contribution < 1.29 is 14.1 Å². The van der Waals surface area contributed by atoms with Gasteiger partial charge >= 0.3 is 0 Å². The van der Waals surface area contributed by atoms with Crippen LogP contribution in [0.25, 0.3) is 22.2 Å². The van der Waals surface area contributed by atoms with Crippen molar-refractivity contribution in [3.63, 3.8) is 0 Å². The fourth-order valence-electron chi connectivity index (χ4n) is 4.47. The number of hydrogen-bond acceptors (Lipinski definition) is 8. The number of rotatable bonds is 7. The normalized spacial score (nSPS) is 14.6. The minimum absolute atomic E-state index is 0.0775. The Balaban J connectivity index is 1.15. The highest BCUT2D eigenvalue weighted by Gasteiger charge is 2.21. The lowest BCUT2D eigenvalue weighted by Gasteiger charge is -2.22. The molecule has 1 aliphatic rings. The number of aryl methyl sites for hydroxylation is 1. The van der Waals surface area contributed by atoms with Crippen LogP contribution in [0, 0.1) is 0 Å². The van der Waals surface area contributed by atoms with Gasteiger partial charge in [-0.1, -0.05) is 23.4 Å². The van der Waals surface area contributed by atoms with Crippen LogP contribution in [-0.2, 0) is 17.8 Å². The van der Waals surface area contributed by atoms with E-state index in [1.54, 1.807) is 7.11 Å². The first-order valence-corrected chi connectivity index (χ1v) is 12.0. The summed E-state index contributed by atoms with van der Waals surface area (Å²) in [4.78, 5) is 33.6. The van der Waals surface area contributed by atoms with E-state index in [0.717, 1.165) is 41.9 Å². The summed E-state index contributed by atoms with van der Waals surface area (Å²) in [6, 6.07) is 14.9. The molecule has 10 nitrogen and oxygen atoms in total. The number of aromatic amines is 1. The Hall–Kier alpha value is -4.05. The number of fused-ring (bicyclic) bond motifs is 1. The monoisotopic (exact) mass is 488 g/mol. The van der Waals surface area contributed by atoms with Crippen molar-refractivity contribution in [2.75, 3.05) is 33.3 Å². The third-order valence-corrected chi connectivity index (χ3v) is 6.46. The molecule has 4 aromatic rings. The number of carbonyl (C=O) groups excluding carboxylic acids is 1. The summed E-state index contributed by atoms with van der Waals surface area (Å²) < 4.78 is 10.5. The highest BCUT2D eigenvalue weighted by molar-refractivity contribution is 5.83. The summed E-state index contributed by atoms with van der Waals surface area (Å²) in [7, 11) is 1.62. The second kappa shape index (κ2) is 10.7. The van der Waals surface area contributed by atoms with E-state index in [4.69, 9.17) is 9.26 Å². The van der Waals surface area contributed by atoms with Gasteiger partial charge in [-0.05, 0) is 36.8 Å². The third-order valence-electron chi connectivity index (χ3n) is 6.46. The average molecular weight is 489 g/mol. The second-order valence-electron chi connectivity index (χ2n) is 8.80. The molecule has 0 aliphatic carbocycles. The van der Waals surface area contributed by atoms with E-state index in [-0.39, 0.29) is 11.5 Å². The highest BCUT2D eigenvalue weighted by atomic mass is 16.5. The van der Waals surface area contributed by atoms with Crippen LogP contribution >= 0.6 is 0 Å². The first-order chi connectivity index (χ1) is 17.6. The summed E-state index contributed by atoms with van der Waals surface area (Å²) in [5, 5.41) is 12.4. The summed E-state index contributed by atoms with van der Waals surface area (Å²) in [5.41, 5.74) is 1.49. The molecule has 3 heterocycles. The van der Waals surface area contributed by atoms with Crippen molar-refractivity contribution in [1.29, 1.82) is 0 Å². The Labute approximate surface area is 207 Å². The Bertz CT molecular complexity index is 1400. The van der Waals surface area contributed by atoms with E-state index in [1.165, 1.54) is 0 Å². The van der Waals surface area contributed by atoms with E-state index in [9.17, 15) is 9.59 Å². The molecule has 36 heavy (non-hydrogen) atoms. The number of carbonyl (C=O) groups is 1. The molecule has 1 saturated heterocycles. The van der Waals surface area contributed by atoms with Crippen LogP contribution in [-0.4, -0.2) is 69.3 Å². The van der Waals surface area contributed by atoms with Gasteiger partial charge in [-0.25, -0.2) is 5.10 Å². The molecule has 10 heteroatoms. The van der Waals surface area contributed by atoms with Crippen molar-refractivity contribution in [1.82, 2.24) is 30.1 Å². The zero-order valence-electron chi connectivity index (χ0n) is 20.1. The molecule has 5 rings (SSSR count). The van der Waals surface area contributed by atoms with Gasteiger partial charge in [0, 0.05) is 56.5 Å². The first kappa shape index (κ1) is 23.7. The largest absolute Gasteiger partial charge is 0.497 e. The fourth-order valence-corrected chi connectivity index (χ4v) is 4.47. The molecule has 1 fully saturated rings. The van der Waals surface area contributed by atoms with Crippen LogP contribution in [0.5, 0.6) is 5.75 Å². The van der Waals surface area contributed by atoms with Gasteiger partial charge in [0.1, 0.15) is 5.75 Å². The van der Waals surface area contributed by atoms with Crippen molar-refractivity contribution >= 4 is 16.7 Å². The fraction of sp³-hybridized carbons (Fsp3) is 0.346. The van der Waals surface area contributed by atoms with Crippen molar-refractivity contribution in [3.05, 3.63) is 70.5 Å². The molecule has 1 aliphatic heterocycles. The highest BCUT2D eigenvalue weighted by Crippen LogP contribution is 2.20. The molecule has 186 valence electrons. The van der Waals surface area contributed by atoms with Crippen LogP contribution in [0.1, 0.15) is 24.4 Å². The predicted molar refractivity (Wildman–Crippen MR) is 133 cm³/mol. The number of nitrogens with one attached hydrogen (secondary N) is 1. The van der Waals surface area contributed by atoms with Gasteiger partial charge in [0.25, 0.3) is 5.56 Å². The summed E-state index contributed by atoms with van der Waals surface area (Å²) >= 11 is 0. The minimum atomic E-state index is -0.181. The molecule has 0 unspecified atom stereocenters. The molecule has 0 bridgehead atoms. The smallest absolute Gasteiger partial charge is 0.272 e. The van der Waals surface area contributed by atoms with Gasteiger partial charge in [0.05, 0.1) is 18.2 Å². The zero-order chi connectivity index (χ0) is 24.9. The maximum Gasteiger partial charge on any atom is 0.272 e. The van der Waals surface area contributed by atoms with Crippen LogP contribution in [0.3, 0.4) is 0 Å². The average Bonchev–Trinajstić information content (AvgIpc) is 3.27. The van der Waals surface area contributed by atoms with Gasteiger partial charge < -0.3 is 14.2 Å². The van der Waals surface area contributed by atoms with Crippen LogP contribution in [0.15, 0.2) is 57.8 Å². The van der Waals surface area contributed by atoms with Crippen LogP contribution in [0.4, 0.5) is 0 Å². The van der Waals surface area contributed by atoms with Crippen LogP contribution < -0.4 is 10.3 Å². The van der Waals surface area contributed by atoms with E-state index >= 15 is 0 Å². The van der Waals surface area contributed by atoms with Crippen LogP contribution in [0.2, 0.25) is 0 Å². The molecule has 0 radical (unpaired) electrons. The van der Waals surface area contributed by atoms with E-state index < -0.39 is 0 Å². The number of benzene rings is 2. The van der Waals surface area contributed by atoms with Crippen molar-refractivity contribution in [2.45, 2.75) is 25.8 Å². The Morgan fingerprint density at radius 2 is 1.86 bits per heavy atom. The molecular formula is C26H28N6O4. The summed E-state index contributed by atoms with van der Waals surface area (Å²) in [6.45, 7) is 3.56. The van der Waals surface area contributed by atoms with Crippen molar-refractivity contribution in [2.24, 2.45) is 0 Å². The van der Waals surface area contributed by atoms with Gasteiger partial charge in [-0.2, -0.15) is 10.1 Å². The zero-order valence-corrected chi connectivity index (χ0v) is 20.1. The summed E-state index contributed by atoms with van der Waals surface area (Å²) in [6.07, 6.45) is 1.58. The predicted octanol–water partition coefficient (Wildman–Crippen LogP) is 2.65. The quantitative estimate of drug-likeness (QED) is 0.422. The Morgan fingerprint density at radius 3 is 2.67 bits per heavy atom. The van der Waals surface area contributed by atoms with Crippen molar-refractivity contribution in [3.8, 4) is 17.1 Å². The first-order valence-electron chi connectivity index (χ1n) is 12.0. The lowest BCUT2D eigenvalue weighted by atomic mass is 10.1. The standard InChI is InChI=1S/C26H28N6O4/c1-35-19-9-7-18(8-10-19)25-27-23(36-30-25)11-12-24(33)32-14-4-13-31(15-16-32)17-22-20-5-2-3-6-21(20)26(34)29-28-22/h2-3,5-10H,4,11-17H2,1H3,(H,29,34).